The lowest BCUT2D eigenvalue weighted by molar-refractivity contribution is -0.163. The zero-order chi connectivity index (χ0) is 25.6. The van der Waals surface area contributed by atoms with Gasteiger partial charge in [0.1, 0.15) is 11.7 Å². The van der Waals surface area contributed by atoms with Crippen molar-refractivity contribution in [3.05, 3.63) is 35.4 Å². The first-order chi connectivity index (χ1) is 16.6. The van der Waals surface area contributed by atoms with E-state index < -0.39 is 41.2 Å². The Morgan fingerprint density at radius 2 is 1.86 bits per heavy atom. The maximum absolute atomic E-state index is 13.2. The summed E-state index contributed by atoms with van der Waals surface area (Å²) in [7, 11) is 1.25. The number of hydrogen-bond acceptors (Lipinski definition) is 7. The van der Waals surface area contributed by atoms with Gasteiger partial charge in [-0.25, -0.2) is 4.79 Å². The highest BCUT2D eigenvalue weighted by Gasteiger charge is 2.57. The van der Waals surface area contributed by atoms with Crippen LogP contribution in [-0.4, -0.2) is 42.9 Å². The first kappa shape index (κ1) is 26.5. The molecule has 8 nitrogen and oxygen atoms in total. The molecule has 190 valence electrons. The number of rotatable bonds is 7. The second kappa shape index (κ2) is 11.1. The Labute approximate surface area is 207 Å². The fraction of sp³-hybridized carbons (Fsp3) is 0.630. The van der Waals surface area contributed by atoms with Crippen LogP contribution in [0.2, 0.25) is 0 Å². The summed E-state index contributed by atoms with van der Waals surface area (Å²) in [6.07, 6.45) is 5.15. The molecule has 0 radical (unpaired) electrons. The van der Waals surface area contributed by atoms with Gasteiger partial charge in [-0.15, -0.1) is 0 Å². The van der Waals surface area contributed by atoms with Crippen molar-refractivity contribution in [1.82, 2.24) is 5.32 Å². The zero-order valence-electron chi connectivity index (χ0n) is 21.1. The fourth-order valence-corrected chi connectivity index (χ4v) is 5.11. The number of carbonyl (C=O) groups excluding carboxylic acids is 3. The van der Waals surface area contributed by atoms with Gasteiger partial charge in [0.2, 0.25) is 0 Å². The molecular weight excluding hydrogens is 448 g/mol. The van der Waals surface area contributed by atoms with Crippen LogP contribution in [0.25, 0.3) is 0 Å². The summed E-state index contributed by atoms with van der Waals surface area (Å²) < 4.78 is 16.3. The van der Waals surface area contributed by atoms with Crippen molar-refractivity contribution in [2.75, 3.05) is 7.11 Å². The van der Waals surface area contributed by atoms with Crippen LogP contribution in [0.15, 0.2) is 24.3 Å². The summed E-state index contributed by atoms with van der Waals surface area (Å²) in [6.45, 7) is 5.37. The lowest BCUT2D eigenvalue weighted by atomic mass is 9.76. The third kappa shape index (κ3) is 6.74. The van der Waals surface area contributed by atoms with Crippen LogP contribution in [0.5, 0.6) is 0 Å². The normalized spacial score (nSPS) is 23.6. The number of esters is 2. The van der Waals surface area contributed by atoms with E-state index in [-0.39, 0.29) is 12.8 Å². The first-order valence-corrected chi connectivity index (χ1v) is 12.3. The van der Waals surface area contributed by atoms with Crippen molar-refractivity contribution in [3.8, 4) is 6.07 Å². The van der Waals surface area contributed by atoms with Crippen LogP contribution in [0.1, 0.15) is 76.8 Å². The molecule has 1 aliphatic carbocycles. The van der Waals surface area contributed by atoms with Crippen LogP contribution in [-0.2, 0) is 30.2 Å². The van der Waals surface area contributed by atoms with E-state index in [0.29, 0.717) is 17.9 Å². The molecule has 1 aromatic carbocycles. The number of alkyl carbamates (subject to hydrolysis) is 1. The Bertz CT molecular complexity index is 955. The van der Waals surface area contributed by atoms with Crippen LogP contribution in [0.3, 0.4) is 0 Å². The summed E-state index contributed by atoms with van der Waals surface area (Å²) >= 11 is 0. The first-order valence-electron chi connectivity index (χ1n) is 12.3. The number of benzene rings is 1. The van der Waals surface area contributed by atoms with E-state index in [1.807, 2.05) is 0 Å². The molecule has 3 atom stereocenters. The largest absolute Gasteiger partial charge is 0.468 e. The molecule has 8 heteroatoms. The summed E-state index contributed by atoms with van der Waals surface area (Å²) in [6, 6.07) is 8.32. The van der Waals surface area contributed by atoms with Gasteiger partial charge >= 0.3 is 18.0 Å². The highest BCUT2D eigenvalue weighted by atomic mass is 16.6. The highest BCUT2D eigenvalue weighted by molar-refractivity contribution is 6.01. The van der Waals surface area contributed by atoms with Crippen molar-refractivity contribution >= 4 is 18.0 Å². The standard InChI is InChI=1S/C27H36N2O6/c1-26(2,3)35-25(32)29-21(14-18-8-6-5-7-9-18)22-16-27(23(30)33-4,24(31)34-22)15-19-10-12-20(17-28)13-11-19/h10-13,18,21-22H,5-9,14-16H2,1-4H3,(H,29,32)/t21-,22-,27-/m0/s1. The molecule has 1 saturated heterocycles. The minimum atomic E-state index is -1.52. The Balaban J connectivity index is 1.85. The van der Waals surface area contributed by atoms with E-state index in [4.69, 9.17) is 19.5 Å². The van der Waals surface area contributed by atoms with Crippen LogP contribution < -0.4 is 5.32 Å². The van der Waals surface area contributed by atoms with Crippen LogP contribution in [0, 0.1) is 22.7 Å². The van der Waals surface area contributed by atoms with Crippen molar-refractivity contribution in [2.24, 2.45) is 11.3 Å². The number of ether oxygens (including phenoxy) is 3. The number of nitriles is 1. The molecule has 1 amide bonds. The average Bonchev–Trinajstić information content (AvgIpc) is 3.15. The van der Waals surface area contributed by atoms with Crippen molar-refractivity contribution in [2.45, 2.75) is 89.9 Å². The van der Waals surface area contributed by atoms with Gasteiger partial charge in [-0.1, -0.05) is 44.2 Å². The van der Waals surface area contributed by atoms with Gasteiger partial charge in [-0.05, 0) is 57.2 Å². The van der Waals surface area contributed by atoms with E-state index >= 15 is 0 Å². The van der Waals surface area contributed by atoms with E-state index in [9.17, 15) is 14.4 Å². The van der Waals surface area contributed by atoms with Crippen molar-refractivity contribution in [1.29, 1.82) is 5.26 Å². The Kier molecular flexibility index (Phi) is 8.42. The van der Waals surface area contributed by atoms with E-state index in [0.717, 1.165) is 31.2 Å². The summed E-state index contributed by atoms with van der Waals surface area (Å²) in [5.41, 5.74) is -0.983. The molecule has 0 bridgehead atoms. The third-order valence-electron chi connectivity index (χ3n) is 6.83. The molecule has 0 unspecified atom stereocenters. The maximum Gasteiger partial charge on any atom is 0.408 e. The minimum absolute atomic E-state index is 0.0866. The molecular formula is C27H36N2O6. The molecule has 1 aromatic rings. The third-order valence-corrected chi connectivity index (χ3v) is 6.83. The van der Waals surface area contributed by atoms with E-state index in [1.54, 1.807) is 45.0 Å². The Hall–Kier alpha value is -3.08. The summed E-state index contributed by atoms with van der Waals surface area (Å²) in [5, 5.41) is 12.0. The summed E-state index contributed by atoms with van der Waals surface area (Å²) in [5.74, 6) is -0.921. The molecule has 35 heavy (non-hydrogen) atoms. The van der Waals surface area contributed by atoms with Gasteiger partial charge in [0, 0.05) is 6.42 Å². The molecule has 2 fully saturated rings. The summed E-state index contributed by atoms with van der Waals surface area (Å²) in [4.78, 5) is 38.8. The number of nitrogens with zero attached hydrogens (tertiary/aromatic N) is 1. The molecule has 3 rings (SSSR count). The quantitative estimate of drug-likeness (QED) is 0.346. The molecule has 2 aliphatic rings. The molecule has 1 heterocycles. The van der Waals surface area contributed by atoms with Crippen molar-refractivity contribution in [3.63, 3.8) is 0 Å². The average molecular weight is 485 g/mol. The fourth-order valence-electron chi connectivity index (χ4n) is 5.11. The molecule has 1 saturated carbocycles. The van der Waals surface area contributed by atoms with Gasteiger partial charge < -0.3 is 19.5 Å². The maximum atomic E-state index is 13.2. The van der Waals surface area contributed by atoms with Gasteiger partial charge in [0.15, 0.2) is 5.41 Å². The monoisotopic (exact) mass is 484 g/mol. The lowest BCUT2D eigenvalue weighted by Gasteiger charge is -2.31. The second-order valence-corrected chi connectivity index (χ2v) is 10.7. The number of amides is 1. The van der Waals surface area contributed by atoms with Gasteiger partial charge in [0.05, 0.1) is 24.8 Å². The number of cyclic esters (lactones) is 1. The van der Waals surface area contributed by atoms with Crippen LogP contribution in [0.4, 0.5) is 4.79 Å². The van der Waals surface area contributed by atoms with Gasteiger partial charge in [0.25, 0.3) is 0 Å². The topological polar surface area (TPSA) is 115 Å². The van der Waals surface area contributed by atoms with Crippen LogP contribution >= 0.6 is 0 Å². The number of methoxy groups -OCH3 is 1. The predicted molar refractivity (Wildman–Crippen MR) is 128 cm³/mol. The molecule has 0 spiro atoms. The molecule has 1 aliphatic heterocycles. The second-order valence-electron chi connectivity index (χ2n) is 10.7. The lowest BCUT2D eigenvalue weighted by Crippen LogP contribution is -2.47. The van der Waals surface area contributed by atoms with E-state index in [2.05, 4.69) is 11.4 Å². The Morgan fingerprint density at radius 1 is 1.20 bits per heavy atom. The highest BCUT2D eigenvalue weighted by Crippen LogP contribution is 2.41. The molecule has 1 N–H and O–H groups in total. The number of carbonyl (C=O) groups is 3. The molecule has 0 aromatic heterocycles. The minimum Gasteiger partial charge on any atom is -0.468 e. The SMILES string of the molecule is COC(=O)[C@]1(Cc2ccc(C#N)cc2)C[C@@H]([C@H](CC2CCCCC2)NC(=O)OC(C)(C)C)OC1=O. The predicted octanol–water partition coefficient (Wildman–Crippen LogP) is 4.44. The Morgan fingerprint density at radius 3 is 2.43 bits per heavy atom. The number of hydrogen-bond donors (Lipinski definition) is 1. The zero-order valence-corrected chi connectivity index (χ0v) is 21.1. The van der Waals surface area contributed by atoms with Crippen molar-refractivity contribution < 1.29 is 28.6 Å². The van der Waals surface area contributed by atoms with Gasteiger partial charge in [-0.3, -0.25) is 9.59 Å². The smallest absolute Gasteiger partial charge is 0.408 e. The van der Waals surface area contributed by atoms with E-state index in [1.165, 1.54) is 13.5 Å². The van der Waals surface area contributed by atoms with Gasteiger partial charge in [-0.2, -0.15) is 5.26 Å². The number of nitrogens with one attached hydrogen (secondary N) is 1.